The highest BCUT2D eigenvalue weighted by atomic mass is 15.1. The van der Waals surface area contributed by atoms with Gasteiger partial charge in [0.25, 0.3) is 0 Å². The van der Waals surface area contributed by atoms with Gasteiger partial charge in [-0.15, -0.1) is 0 Å². The van der Waals surface area contributed by atoms with Crippen LogP contribution in [0.3, 0.4) is 0 Å². The summed E-state index contributed by atoms with van der Waals surface area (Å²) >= 11 is 0. The van der Waals surface area contributed by atoms with Gasteiger partial charge in [-0.05, 0) is 96.1 Å². The SMILES string of the molecule is c1ccc(-c2cc(-c3ccc(-n4c5ccccc5c5cccnc54)cc3)cc(-c3cccc(-n4c5ccccc5c5cccnc54)c3)n2)nc1. The fourth-order valence-electron chi connectivity index (χ4n) is 7.21. The van der Waals surface area contributed by atoms with E-state index in [0.29, 0.717) is 0 Å². The molecule has 0 aliphatic heterocycles. The number of pyridine rings is 4. The van der Waals surface area contributed by atoms with E-state index in [1.54, 1.807) is 0 Å². The van der Waals surface area contributed by atoms with E-state index in [2.05, 4.69) is 135 Å². The van der Waals surface area contributed by atoms with E-state index in [-0.39, 0.29) is 0 Å². The van der Waals surface area contributed by atoms with Crippen molar-refractivity contribution in [1.29, 1.82) is 0 Å². The zero-order valence-electron chi connectivity index (χ0n) is 26.8. The molecule has 0 atom stereocenters. The summed E-state index contributed by atoms with van der Waals surface area (Å²) in [7, 11) is 0. The fraction of sp³-hybridized carbons (Fsp3) is 0. The van der Waals surface area contributed by atoms with E-state index < -0.39 is 0 Å². The van der Waals surface area contributed by atoms with Crippen molar-refractivity contribution in [3.63, 3.8) is 0 Å². The number of hydrogen-bond acceptors (Lipinski definition) is 4. The van der Waals surface area contributed by atoms with Crippen LogP contribution >= 0.6 is 0 Å². The first kappa shape index (κ1) is 28.1. The maximum absolute atomic E-state index is 5.17. The Bertz CT molecular complexity index is 2760. The average Bonchev–Trinajstić information content (AvgIpc) is 3.71. The van der Waals surface area contributed by atoms with E-state index in [1.807, 2.05) is 48.9 Å². The van der Waals surface area contributed by atoms with E-state index in [1.165, 1.54) is 10.8 Å². The Kier molecular flexibility index (Phi) is 6.39. The summed E-state index contributed by atoms with van der Waals surface area (Å²) in [6.45, 7) is 0. The Morgan fingerprint density at radius 3 is 1.62 bits per heavy atom. The summed E-state index contributed by atoms with van der Waals surface area (Å²) in [5.41, 5.74) is 11.9. The lowest BCUT2D eigenvalue weighted by Crippen LogP contribution is -1.97. The Morgan fingerprint density at radius 2 is 0.940 bits per heavy atom. The summed E-state index contributed by atoms with van der Waals surface area (Å²) in [5, 5.41) is 4.65. The molecule has 0 fully saturated rings. The molecule has 4 aromatic carbocycles. The molecular weight excluding hydrogens is 613 g/mol. The molecule has 0 aliphatic rings. The zero-order valence-corrected chi connectivity index (χ0v) is 26.8. The third kappa shape index (κ3) is 4.50. The zero-order chi connectivity index (χ0) is 33.0. The minimum Gasteiger partial charge on any atom is -0.294 e. The fourth-order valence-corrected chi connectivity index (χ4v) is 7.21. The minimum atomic E-state index is 0.817. The summed E-state index contributed by atoms with van der Waals surface area (Å²) in [6.07, 6.45) is 5.53. The third-order valence-electron chi connectivity index (χ3n) is 9.48. The van der Waals surface area contributed by atoms with Gasteiger partial charge < -0.3 is 0 Å². The second-order valence-electron chi connectivity index (χ2n) is 12.4. The maximum Gasteiger partial charge on any atom is 0.145 e. The molecule has 10 rings (SSSR count). The molecule has 0 amide bonds. The van der Waals surface area contributed by atoms with E-state index >= 15 is 0 Å². The van der Waals surface area contributed by atoms with E-state index in [0.717, 1.165) is 78.2 Å². The van der Waals surface area contributed by atoms with Crippen molar-refractivity contribution in [2.45, 2.75) is 0 Å². The second kappa shape index (κ2) is 11.4. The van der Waals surface area contributed by atoms with Crippen LogP contribution in [0.5, 0.6) is 0 Å². The largest absolute Gasteiger partial charge is 0.294 e. The highest BCUT2D eigenvalue weighted by Gasteiger charge is 2.16. The van der Waals surface area contributed by atoms with Crippen LogP contribution in [0.4, 0.5) is 0 Å². The van der Waals surface area contributed by atoms with Crippen LogP contribution in [0.25, 0.3) is 89.0 Å². The van der Waals surface area contributed by atoms with Crippen molar-refractivity contribution < 1.29 is 0 Å². The Balaban J connectivity index is 1.11. The van der Waals surface area contributed by atoms with Crippen molar-refractivity contribution in [3.8, 4) is 45.1 Å². The normalized spacial score (nSPS) is 11.6. The Labute approximate surface area is 287 Å². The number of fused-ring (bicyclic) bond motifs is 6. The quantitative estimate of drug-likeness (QED) is 0.188. The van der Waals surface area contributed by atoms with Crippen LogP contribution in [0, 0.1) is 0 Å². The molecule has 0 N–H and O–H groups in total. The van der Waals surface area contributed by atoms with Gasteiger partial charge in [0.15, 0.2) is 0 Å². The molecule has 6 heterocycles. The van der Waals surface area contributed by atoms with Crippen molar-refractivity contribution >= 4 is 43.9 Å². The standard InChI is InChI=1S/C44H28N6/c1-3-17-41-34(12-1)36-14-8-24-46-43(36)49(41)32-21-19-29(20-22-32)31-27-39(48-40(28-31)38-16-5-6-23-45-38)30-10-7-11-33(26-30)50-42-18-4-2-13-35(42)37-15-9-25-47-44(37)50/h1-28H. The molecule has 0 unspecified atom stereocenters. The number of aromatic nitrogens is 6. The molecule has 0 radical (unpaired) electrons. The molecule has 0 saturated carbocycles. The van der Waals surface area contributed by atoms with Crippen LogP contribution in [0.2, 0.25) is 0 Å². The Hall–Kier alpha value is -6.92. The lowest BCUT2D eigenvalue weighted by Gasteiger charge is -2.13. The number of hydrogen-bond donors (Lipinski definition) is 0. The number of para-hydroxylation sites is 2. The van der Waals surface area contributed by atoms with E-state index in [4.69, 9.17) is 15.0 Å². The van der Waals surface area contributed by atoms with Crippen LogP contribution in [-0.2, 0) is 0 Å². The second-order valence-corrected chi connectivity index (χ2v) is 12.4. The van der Waals surface area contributed by atoms with Gasteiger partial charge in [-0.1, -0.05) is 66.7 Å². The van der Waals surface area contributed by atoms with Crippen LogP contribution in [0.15, 0.2) is 170 Å². The first-order valence-electron chi connectivity index (χ1n) is 16.6. The highest BCUT2D eigenvalue weighted by molar-refractivity contribution is 6.08. The van der Waals surface area contributed by atoms with Gasteiger partial charge in [0, 0.05) is 57.1 Å². The molecule has 0 bridgehead atoms. The summed E-state index contributed by atoms with van der Waals surface area (Å²) in [6, 6.07) is 52.7. The van der Waals surface area contributed by atoms with Gasteiger partial charge in [-0.25, -0.2) is 15.0 Å². The van der Waals surface area contributed by atoms with Gasteiger partial charge in [0.2, 0.25) is 0 Å². The molecule has 0 spiro atoms. The van der Waals surface area contributed by atoms with Crippen LogP contribution in [0.1, 0.15) is 0 Å². The molecule has 6 aromatic heterocycles. The van der Waals surface area contributed by atoms with Crippen LogP contribution < -0.4 is 0 Å². The predicted molar refractivity (Wildman–Crippen MR) is 203 cm³/mol. The monoisotopic (exact) mass is 640 g/mol. The van der Waals surface area contributed by atoms with Crippen LogP contribution in [-0.4, -0.2) is 29.1 Å². The van der Waals surface area contributed by atoms with Gasteiger partial charge in [0.05, 0.1) is 28.1 Å². The summed E-state index contributed by atoms with van der Waals surface area (Å²) in [5.74, 6) is 0. The predicted octanol–water partition coefficient (Wildman–Crippen LogP) is 10.5. The lowest BCUT2D eigenvalue weighted by atomic mass is 10.0. The number of nitrogens with zero attached hydrogens (tertiary/aromatic N) is 6. The molecule has 0 aliphatic carbocycles. The number of benzene rings is 4. The minimum absolute atomic E-state index is 0.817. The summed E-state index contributed by atoms with van der Waals surface area (Å²) < 4.78 is 4.47. The first-order chi connectivity index (χ1) is 24.8. The third-order valence-corrected chi connectivity index (χ3v) is 9.48. The first-order valence-corrected chi connectivity index (χ1v) is 16.6. The molecule has 6 nitrogen and oxygen atoms in total. The summed E-state index contributed by atoms with van der Waals surface area (Å²) in [4.78, 5) is 19.4. The topological polar surface area (TPSA) is 61.4 Å². The van der Waals surface area contributed by atoms with Gasteiger partial charge in [-0.3, -0.25) is 14.1 Å². The molecule has 50 heavy (non-hydrogen) atoms. The number of rotatable bonds is 5. The molecule has 0 saturated heterocycles. The van der Waals surface area contributed by atoms with Gasteiger partial charge >= 0.3 is 0 Å². The Morgan fingerprint density at radius 1 is 0.340 bits per heavy atom. The van der Waals surface area contributed by atoms with Crippen molar-refractivity contribution in [2.24, 2.45) is 0 Å². The van der Waals surface area contributed by atoms with Gasteiger partial charge in [-0.2, -0.15) is 0 Å². The van der Waals surface area contributed by atoms with Crippen molar-refractivity contribution in [3.05, 3.63) is 170 Å². The average molecular weight is 641 g/mol. The molecule has 6 heteroatoms. The highest BCUT2D eigenvalue weighted by Crippen LogP contribution is 2.35. The molecular formula is C44H28N6. The smallest absolute Gasteiger partial charge is 0.145 e. The molecule has 234 valence electrons. The van der Waals surface area contributed by atoms with E-state index in [9.17, 15) is 0 Å². The maximum atomic E-state index is 5.17. The molecule has 10 aromatic rings. The lowest BCUT2D eigenvalue weighted by molar-refractivity contribution is 1.13. The van der Waals surface area contributed by atoms with Crippen molar-refractivity contribution in [1.82, 2.24) is 29.1 Å². The van der Waals surface area contributed by atoms with Gasteiger partial charge in [0.1, 0.15) is 11.3 Å². The van der Waals surface area contributed by atoms with Crippen molar-refractivity contribution in [2.75, 3.05) is 0 Å².